The maximum atomic E-state index is 13.0. The van der Waals surface area contributed by atoms with E-state index in [9.17, 15) is 29.4 Å². The number of benzene rings is 1. The first-order valence-corrected chi connectivity index (χ1v) is 12.3. The molecule has 1 aromatic carbocycles. The second kappa shape index (κ2) is 15.6. The van der Waals surface area contributed by atoms with Gasteiger partial charge < -0.3 is 43.4 Å². The van der Waals surface area contributed by atoms with Crippen molar-refractivity contribution in [2.75, 3.05) is 12.3 Å². The number of nitrogens with one attached hydrogen (secondary N) is 3. The van der Waals surface area contributed by atoms with Gasteiger partial charge in [0.1, 0.15) is 23.9 Å². The summed E-state index contributed by atoms with van der Waals surface area (Å²) in [5.41, 5.74) is 17.0. The zero-order valence-corrected chi connectivity index (χ0v) is 21.8. The molecule has 0 aliphatic rings. The zero-order valence-electron chi connectivity index (χ0n) is 20.9. The number of rotatable bonds is 15. The molecule has 0 saturated carbocycles. The highest BCUT2D eigenvalue weighted by molar-refractivity contribution is 7.80. The monoisotopic (exact) mass is 539 g/mol. The summed E-state index contributed by atoms with van der Waals surface area (Å²) < 4.78 is 0. The minimum atomic E-state index is -1.22. The van der Waals surface area contributed by atoms with E-state index in [1.54, 1.807) is 26.0 Å². The first kappa shape index (κ1) is 31.5. The van der Waals surface area contributed by atoms with Gasteiger partial charge >= 0.3 is 5.97 Å². The number of thiol groups is 1. The van der Waals surface area contributed by atoms with Crippen LogP contribution >= 0.6 is 12.6 Å². The molecule has 1 aromatic rings. The SMILES string of the molecule is CC(C)C(NC(=O)C(Cc1ccc(O)cc1)NC(=O)C(CS)NC(=O)C(N)CCCN=C(N)N)C(=O)O. The summed E-state index contributed by atoms with van der Waals surface area (Å²) in [5, 5.41) is 26.5. The highest BCUT2D eigenvalue weighted by Crippen LogP contribution is 2.12. The minimum absolute atomic E-state index is 0.000168. The molecule has 0 aliphatic carbocycles. The third-order valence-corrected chi connectivity index (χ3v) is 5.72. The van der Waals surface area contributed by atoms with Crippen LogP contribution in [0.15, 0.2) is 29.3 Å². The van der Waals surface area contributed by atoms with Crippen molar-refractivity contribution < 1.29 is 29.4 Å². The number of carboxylic acid groups (broad SMARTS) is 1. The van der Waals surface area contributed by atoms with Crippen molar-refractivity contribution in [2.45, 2.75) is 57.3 Å². The van der Waals surface area contributed by atoms with Crippen LogP contribution in [-0.2, 0) is 25.6 Å². The van der Waals surface area contributed by atoms with E-state index in [2.05, 4.69) is 33.6 Å². The molecule has 0 saturated heterocycles. The summed E-state index contributed by atoms with van der Waals surface area (Å²) in [5.74, 6) is -3.78. The summed E-state index contributed by atoms with van der Waals surface area (Å²) in [4.78, 5) is 53.9. The van der Waals surface area contributed by atoms with E-state index in [0.29, 0.717) is 18.5 Å². The Balaban J connectivity index is 2.95. The standard InChI is InChI=1S/C23H37N7O6S/c1-12(2)18(22(35)36)30-20(33)16(10-13-5-7-14(31)8-6-13)28-21(34)17(11-37)29-19(32)15(24)4-3-9-27-23(25)26/h5-8,12,15-18,31,37H,3-4,9-11,24H2,1-2H3,(H,28,34)(H,29,32)(H,30,33)(H,35,36)(H4,25,26,27). The summed E-state index contributed by atoms with van der Waals surface area (Å²) in [6, 6.07) is 1.58. The molecule has 0 aliphatic heterocycles. The largest absolute Gasteiger partial charge is 0.508 e. The van der Waals surface area contributed by atoms with Gasteiger partial charge in [-0.25, -0.2) is 4.79 Å². The van der Waals surface area contributed by atoms with E-state index in [4.69, 9.17) is 17.2 Å². The van der Waals surface area contributed by atoms with Crippen LogP contribution in [0.3, 0.4) is 0 Å². The van der Waals surface area contributed by atoms with Crippen LogP contribution in [0.25, 0.3) is 0 Å². The number of amides is 3. The van der Waals surface area contributed by atoms with Gasteiger partial charge in [0.2, 0.25) is 17.7 Å². The third kappa shape index (κ3) is 11.4. The van der Waals surface area contributed by atoms with Crippen molar-refractivity contribution in [2.24, 2.45) is 28.1 Å². The van der Waals surface area contributed by atoms with E-state index in [0.717, 1.165) is 0 Å². The molecule has 3 amide bonds. The van der Waals surface area contributed by atoms with Gasteiger partial charge in [-0.2, -0.15) is 12.6 Å². The first-order chi connectivity index (χ1) is 17.3. The average molecular weight is 540 g/mol. The number of nitrogens with two attached hydrogens (primary N) is 3. The summed E-state index contributed by atoms with van der Waals surface area (Å²) in [7, 11) is 0. The summed E-state index contributed by atoms with van der Waals surface area (Å²) >= 11 is 4.13. The van der Waals surface area contributed by atoms with Crippen molar-refractivity contribution in [1.29, 1.82) is 0 Å². The van der Waals surface area contributed by atoms with Gasteiger partial charge in [-0.3, -0.25) is 19.4 Å². The number of hydrogen-bond donors (Lipinski definition) is 9. The van der Waals surface area contributed by atoms with Crippen LogP contribution in [0.5, 0.6) is 5.75 Å². The smallest absolute Gasteiger partial charge is 0.326 e. The van der Waals surface area contributed by atoms with Crippen molar-refractivity contribution in [3.8, 4) is 5.75 Å². The van der Waals surface area contributed by atoms with Gasteiger partial charge in [0, 0.05) is 18.7 Å². The Morgan fingerprint density at radius 3 is 2.05 bits per heavy atom. The number of carbonyl (C=O) groups excluding carboxylic acids is 3. The maximum absolute atomic E-state index is 13.0. The fourth-order valence-corrected chi connectivity index (χ4v) is 3.50. The Morgan fingerprint density at radius 2 is 1.54 bits per heavy atom. The fraction of sp³-hybridized carbons (Fsp3) is 0.522. The lowest BCUT2D eigenvalue weighted by atomic mass is 10.0. The number of aliphatic carboxylic acids is 1. The second-order valence-corrected chi connectivity index (χ2v) is 9.16. The Hall–Kier alpha value is -3.52. The molecule has 206 valence electrons. The Kier molecular flexibility index (Phi) is 13.3. The molecule has 0 heterocycles. The molecule has 0 spiro atoms. The van der Waals surface area contributed by atoms with Gasteiger partial charge in [-0.15, -0.1) is 0 Å². The lowest BCUT2D eigenvalue weighted by Gasteiger charge is -2.25. The number of phenols is 1. The number of carbonyl (C=O) groups is 4. The molecule has 0 aromatic heterocycles. The van der Waals surface area contributed by atoms with Gasteiger partial charge in [0.25, 0.3) is 0 Å². The molecule has 13 nitrogen and oxygen atoms in total. The van der Waals surface area contributed by atoms with Crippen molar-refractivity contribution in [1.82, 2.24) is 16.0 Å². The van der Waals surface area contributed by atoms with Crippen molar-refractivity contribution in [3.05, 3.63) is 29.8 Å². The molecule has 11 N–H and O–H groups in total. The average Bonchev–Trinajstić information content (AvgIpc) is 2.83. The Morgan fingerprint density at radius 1 is 0.973 bits per heavy atom. The van der Waals surface area contributed by atoms with Gasteiger partial charge in [-0.1, -0.05) is 26.0 Å². The minimum Gasteiger partial charge on any atom is -0.508 e. The van der Waals surface area contributed by atoms with Gasteiger partial charge in [0.05, 0.1) is 6.04 Å². The molecule has 4 atom stereocenters. The predicted octanol–water partition coefficient (Wildman–Crippen LogP) is -1.56. The van der Waals surface area contributed by atoms with Crippen LogP contribution in [0.4, 0.5) is 0 Å². The highest BCUT2D eigenvalue weighted by Gasteiger charge is 2.31. The first-order valence-electron chi connectivity index (χ1n) is 11.7. The number of nitrogens with zero attached hydrogens (tertiary/aromatic N) is 1. The molecule has 37 heavy (non-hydrogen) atoms. The van der Waals surface area contributed by atoms with Crippen LogP contribution in [0.2, 0.25) is 0 Å². The number of hydrogen-bond acceptors (Lipinski definition) is 8. The molecule has 14 heteroatoms. The van der Waals surface area contributed by atoms with Gasteiger partial charge in [0.15, 0.2) is 5.96 Å². The normalized spacial score (nSPS) is 14.1. The Bertz CT molecular complexity index is 953. The number of guanidine groups is 1. The van der Waals surface area contributed by atoms with Crippen LogP contribution in [-0.4, -0.2) is 76.3 Å². The van der Waals surface area contributed by atoms with E-state index in [1.807, 2.05) is 0 Å². The van der Waals surface area contributed by atoms with Gasteiger partial charge in [-0.05, 0) is 36.5 Å². The van der Waals surface area contributed by atoms with Crippen LogP contribution < -0.4 is 33.2 Å². The quantitative estimate of drug-likeness (QED) is 0.0541. The number of aromatic hydroxyl groups is 1. The molecular weight excluding hydrogens is 502 g/mol. The van der Waals surface area contributed by atoms with E-state index >= 15 is 0 Å². The predicted molar refractivity (Wildman–Crippen MR) is 142 cm³/mol. The maximum Gasteiger partial charge on any atom is 0.326 e. The molecule has 0 bridgehead atoms. The lowest BCUT2D eigenvalue weighted by molar-refractivity contribution is -0.143. The molecular formula is C23H37N7O6S. The molecule has 0 radical (unpaired) electrons. The van der Waals surface area contributed by atoms with Crippen LogP contribution in [0, 0.1) is 5.92 Å². The van der Waals surface area contributed by atoms with Crippen molar-refractivity contribution >= 4 is 42.3 Å². The van der Waals surface area contributed by atoms with E-state index in [1.165, 1.54) is 12.1 Å². The zero-order chi connectivity index (χ0) is 28.1. The topological polar surface area (TPSA) is 235 Å². The molecule has 0 fully saturated rings. The number of carboxylic acids is 1. The fourth-order valence-electron chi connectivity index (χ4n) is 3.24. The highest BCUT2D eigenvalue weighted by atomic mass is 32.1. The molecule has 4 unspecified atom stereocenters. The number of phenolic OH excluding ortho intramolecular Hbond substituents is 1. The Labute approximate surface area is 221 Å². The second-order valence-electron chi connectivity index (χ2n) is 8.80. The van der Waals surface area contributed by atoms with E-state index in [-0.39, 0.29) is 30.3 Å². The number of aliphatic imine (C=N–C) groups is 1. The molecule has 1 rings (SSSR count). The lowest BCUT2D eigenvalue weighted by Crippen LogP contribution is -2.58. The summed E-state index contributed by atoms with van der Waals surface area (Å²) in [6.07, 6.45) is 0.709. The van der Waals surface area contributed by atoms with Crippen molar-refractivity contribution in [3.63, 3.8) is 0 Å². The third-order valence-electron chi connectivity index (χ3n) is 5.36. The van der Waals surface area contributed by atoms with E-state index < -0.39 is 53.8 Å². The van der Waals surface area contributed by atoms with Crippen LogP contribution in [0.1, 0.15) is 32.3 Å². The summed E-state index contributed by atoms with van der Waals surface area (Å²) in [6.45, 7) is 3.57.